The van der Waals surface area contributed by atoms with Gasteiger partial charge in [0.05, 0.1) is 0 Å². The van der Waals surface area contributed by atoms with Gasteiger partial charge in [0.1, 0.15) is 0 Å². The summed E-state index contributed by atoms with van der Waals surface area (Å²) in [6, 6.07) is 10.6. The van der Waals surface area contributed by atoms with Crippen LogP contribution < -0.4 is 5.32 Å². The highest BCUT2D eigenvalue weighted by Crippen LogP contribution is 2.27. The molecule has 6 heteroatoms. The molecular formula is C15H9Br2Cl2NO. The molecule has 0 spiro atoms. The molecule has 0 heterocycles. The summed E-state index contributed by atoms with van der Waals surface area (Å²) in [5, 5.41) is 3.75. The zero-order valence-corrected chi connectivity index (χ0v) is 15.2. The largest absolute Gasteiger partial charge is 0.322 e. The van der Waals surface area contributed by atoms with Crippen molar-refractivity contribution < 1.29 is 4.79 Å². The fraction of sp³-hybridized carbons (Fsp3) is 0. The van der Waals surface area contributed by atoms with Gasteiger partial charge in [-0.15, -0.1) is 0 Å². The van der Waals surface area contributed by atoms with E-state index in [-0.39, 0.29) is 5.91 Å². The van der Waals surface area contributed by atoms with Crippen LogP contribution in [0.5, 0.6) is 0 Å². The first-order chi connectivity index (χ1) is 9.97. The third-order valence-electron chi connectivity index (χ3n) is 2.59. The van der Waals surface area contributed by atoms with Gasteiger partial charge < -0.3 is 5.32 Å². The summed E-state index contributed by atoms with van der Waals surface area (Å²) in [6.07, 6.45) is 2.98. The Morgan fingerprint density at radius 2 is 1.71 bits per heavy atom. The SMILES string of the molecule is O=C(C=Cc1c(Cl)cccc1Cl)Nc1ccc(Br)c(Br)c1. The van der Waals surface area contributed by atoms with E-state index in [9.17, 15) is 4.79 Å². The molecule has 21 heavy (non-hydrogen) atoms. The van der Waals surface area contributed by atoms with E-state index in [0.29, 0.717) is 21.3 Å². The zero-order valence-electron chi connectivity index (χ0n) is 10.5. The second-order valence-electron chi connectivity index (χ2n) is 4.09. The lowest BCUT2D eigenvalue weighted by molar-refractivity contribution is -0.111. The predicted octanol–water partition coefficient (Wildman–Crippen LogP) is 6.17. The first-order valence-electron chi connectivity index (χ1n) is 5.85. The van der Waals surface area contributed by atoms with Crippen LogP contribution in [0.1, 0.15) is 5.56 Å². The maximum Gasteiger partial charge on any atom is 0.248 e. The molecule has 0 saturated carbocycles. The number of carbonyl (C=O) groups is 1. The highest BCUT2D eigenvalue weighted by Gasteiger charge is 2.04. The van der Waals surface area contributed by atoms with Gasteiger partial charge in [-0.3, -0.25) is 4.79 Å². The van der Waals surface area contributed by atoms with Crippen molar-refractivity contribution in [3.05, 3.63) is 67.0 Å². The lowest BCUT2D eigenvalue weighted by Gasteiger charge is -2.04. The third-order valence-corrected chi connectivity index (χ3v) is 5.13. The Hall–Kier alpha value is -0.810. The first-order valence-corrected chi connectivity index (χ1v) is 8.19. The monoisotopic (exact) mass is 447 g/mol. The van der Waals surface area contributed by atoms with Gasteiger partial charge in [0.2, 0.25) is 5.91 Å². The Balaban J connectivity index is 2.11. The van der Waals surface area contributed by atoms with Crippen LogP contribution in [-0.2, 0) is 4.79 Å². The van der Waals surface area contributed by atoms with E-state index in [2.05, 4.69) is 37.2 Å². The molecule has 2 aromatic rings. The molecule has 0 aliphatic heterocycles. The Bertz CT molecular complexity index is 697. The number of halogens is 4. The number of anilines is 1. The molecule has 0 unspecified atom stereocenters. The quantitative estimate of drug-likeness (QED) is 0.558. The van der Waals surface area contributed by atoms with Gasteiger partial charge in [-0.25, -0.2) is 0 Å². The Morgan fingerprint density at radius 1 is 1.05 bits per heavy atom. The van der Waals surface area contributed by atoms with Crippen molar-refractivity contribution in [1.82, 2.24) is 0 Å². The van der Waals surface area contributed by atoms with Gasteiger partial charge in [0, 0.05) is 36.3 Å². The van der Waals surface area contributed by atoms with Crippen molar-refractivity contribution in [2.75, 3.05) is 5.32 Å². The normalized spacial score (nSPS) is 10.9. The summed E-state index contributed by atoms with van der Waals surface area (Å²) in [6.45, 7) is 0. The molecule has 0 saturated heterocycles. The molecule has 0 fully saturated rings. The molecule has 0 bridgehead atoms. The fourth-order valence-electron chi connectivity index (χ4n) is 1.59. The zero-order chi connectivity index (χ0) is 15.4. The average molecular weight is 450 g/mol. The molecule has 108 valence electrons. The molecule has 0 aromatic heterocycles. The van der Waals surface area contributed by atoms with Crippen LogP contribution in [-0.4, -0.2) is 5.91 Å². The molecule has 0 radical (unpaired) electrons. The molecule has 0 atom stereocenters. The maximum absolute atomic E-state index is 11.9. The summed E-state index contributed by atoms with van der Waals surface area (Å²) < 4.78 is 1.78. The van der Waals surface area contributed by atoms with Crippen LogP contribution >= 0.6 is 55.1 Å². The smallest absolute Gasteiger partial charge is 0.248 e. The molecule has 0 aliphatic rings. The van der Waals surface area contributed by atoms with Crippen LogP contribution in [0.2, 0.25) is 10.0 Å². The van der Waals surface area contributed by atoms with Crippen molar-refractivity contribution >= 4 is 72.7 Å². The minimum atomic E-state index is -0.264. The number of hydrogen-bond acceptors (Lipinski definition) is 1. The average Bonchev–Trinajstić information content (AvgIpc) is 2.42. The molecule has 2 aromatic carbocycles. The van der Waals surface area contributed by atoms with Crippen LogP contribution in [0.4, 0.5) is 5.69 Å². The van der Waals surface area contributed by atoms with Gasteiger partial charge in [-0.2, -0.15) is 0 Å². The molecule has 0 aliphatic carbocycles. The predicted molar refractivity (Wildman–Crippen MR) is 96.0 cm³/mol. The van der Waals surface area contributed by atoms with Gasteiger partial charge in [-0.1, -0.05) is 29.3 Å². The van der Waals surface area contributed by atoms with Crippen LogP contribution in [0, 0.1) is 0 Å². The Kier molecular flexibility index (Phi) is 5.88. The molecular weight excluding hydrogens is 441 g/mol. The van der Waals surface area contributed by atoms with E-state index in [4.69, 9.17) is 23.2 Å². The van der Waals surface area contributed by atoms with E-state index in [1.165, 1.54) is 6.08 Å². The summed E-state index contributed by atoms with van der Waals surface area (Å²) in [7, 11) is 0. The van der Waals surface area contributed by atoms with Crippen LogP contribution in [0.15, 0.2) is 51.4 Å². The standard InChI is InChI=1S/C15H9Br2Cl2NO/c16-11-6-4-9(8-12(11)17)20-15(21)7-5-10-13(18)2-1-3-14(10)19/h1-8H,(H,20,21). The molecule has 1 amide bonds. The number of rotatable bonds is 3. The number of nitrogens with one attached hydrogen (secondary N) is 1. The summed E-state index contributed by atoms with van der Waals surface area (Å²) >= 11 is 18.8. The Labute approximate surface area is 149 Å². The molecule has 2 rings (SSSR count). The van der Waals surface area contributed by atoms with E-state index >= 15 is 0 Å². The van der Waals surface area contributed by atoms with Gasteiger partial charge in [-0.05, 0) is 68.3 Å². The van der Waals surface area contributed by atoms with E-state index in [1.54, 1.807) is 36.4 Å². The molecule has 1 N–H and O–H groups in total. The third kappa shape index (κ3) is 4.58. The fourth-order valence-corrected chi connectivity index (χ4v) is 2.74. The molecule has 2 nitrogen and oxygen atoms in total. The topological polar surface area (TPSA) is 29.1 Å². The van der Waals surface area contributed by atoms with Crippen molar-refractivity contribution in [3.8, 4) is 0 Å². The lowest BCUT2D eigenvalue weighted by Crippen LogP contribution is -2.07. The van der Waals surface area contributed by atoms with Gasteiger partial charge in [0.15, 0.2) is 0 Å². The van der Waals surface area contributed by atoms with Crippen molar-refractivity contribution in [1.29, 1.82) is 0 Å². The number of amides is 1. The summed E-state index contributed by atoms with van der Waals surface area (Å²) in [4.78, 5) is 11.9. The lowest BCUT2D eigenvalue weighted by atomic mass is 10.2. The number of carbonyl (C=O) groups excluding carboxylic acids is 1. The number of benzene rings is 2. The second-order valence-corrected chi connectivity index (χ2v) is 6.61. The minimum absolute atomic E-state index is 0.264. The van der Waals surface area contributed by atoms with E-state index in [0.717, 1.165) is 8.95 Å². The van der Waals surface area contributed by atoms with Crippen molar-refractivity contribution in [2.45, 2.75) is 0 Å². The van der Waals surface area contributed by atoms with Crippen molar-refractivity contribution in [2.24, 2.45) is 0 Å². The van der Waals surface area contributed by atoms with Crippen LogP contribution in [0.3, 0.4) is 0 Å². The summed E-state index contributed by atoms with van der Waals surface area (Å²) in [5.74, 6) is -0.264. The van der Waals surface area contributed by atoms with Gasteiger partial charge in [0.25, 0.3) is 0 Å². The Morgan fingerprint density at radius 3 is 2.33 bits per heavy atom. The minimum Gasteiger partial charge on any atom is -0.322 e. The summed E-state index contributed by atoms with van der Waals surface area (Å²) in [5.41, 5.74) is 1.30. The van der Waals surface area contributed by atoms with Crippen molar-refractivity contribution in [3.63, 3.8) is 0 Å². The van der Waals surface area contributed by atoms with E-state index < -0.39 is 0 Å². The van der Waals surface area contributed by atoms with Gasteiger partial charge >= 0.3 is 0 Å². The second kappa shape index (κ2) is 7.45. The highest BCUT2D eigenvalue weighted by molar-refractivity contribution is 9.13. The highest BCUT2D eigenvalue weighted by atomic mass is 79.9. The first kappa shape index (κ1) is 16.6. The van der Waals surface area contributed by atoms with E-state index in [1.807, 2.05) is 6.07 Å². The maximum atomic E-state index is 11.9. The number of hydrogen-bond donors (Lipinski definition) is 1. The van der Waals surface area contributed by atoms with Crippen LogP contribution in [0.25, 0.3) is 6.08 Å².